The van der Waals surface area contributed by atoms with E-state index in [2.05, 4.69) is 6.58 Å². The molecule has 0 aliphatic heterocycles. The lowest BCUT2D eigenvalue weighted by Crippen LogP contribution is -2.09. The predicted octanol–water partition coefficient (Wildman–Crippen LogP) is 2.98. The number of nitrogens with two attached hydrogens (primary N) is 1. The zero-order valence-corrected chi connectivity index (χ0v) is 8.86. The quantitative estimate of drug-likeness (QED) is 0.764. The molecule has 74 valence electrons. The van der Waals surface area contributed by atoms with E-state index in [9.17, 15) is 0 Å². The van der Waals surface area contributed by atoms with Gasteiger partial charge in [-0.05, 0) is 32.4 Å². The number of furan rings is 1. The third kappa shape index (κ3) is 3.66. The van der Waals surface area contributed by atoms with Crippen LogP contribution in [0, 0.1) is 6.92 Å². The number of aryl methyl sites for hydroxylation is 1. The Bertz CT molecular complexity index is 280. The van der Waals surface area contributed by atoms with Crippen molar-refractivity contribution in [3.63, 3.8) is 0 Å². The Kier molecular flexibility index (Phi) is 4.81. The molecule has 0 fully saturated rings. The van der Waals surface area contributed by atoms with E-state index in [0.717, 1.165) is 23.5 Å². The van der Waals surface area contributed by atoms with Crippen molar-refractivity contribution in [2.24, 2.45) is 5.73 Å². The largest absolute Gasteiger partial charge is 0.465 e. The van der Waals surface area contributed by atoms with Crippen molar-refractivity contribution in [3.8, 4) is 0 Å². The highest BCUT2D eigenvalue weighted by Crippen LogP contribution is 2.19. The Balaban J connectivity index is 0.00000144. The average molecular weight is 202 g/mol. The monoisotopic (exact) mass is 201 g/mol. The Morgan fingerprint density at radius 1 is 1.62 bits per heavy atom. The van der Waals surface area contributed by atoms with Crippen molar-refractivity contribution in [3.05, 3.63) is 35.8 Å². The Labute approximate surface area is 85.2 Å². The second-order valence-corrected chi connectivity index (χ2v) is 3.22. The van der Waals surface area contributed by atoms with Gasteiger partial charge in [-0.2, -0.15) is 0 Å². The van der Waals surface area contributed by atoms with E-state index in [1.165, 1.54) is 0 Å². The van der Waals surface area contributed by atoms with Gasteiger partial charge in [-0.25, -0.2) is 0 Å². The van der Waals surface area contributed by atoms with Crippen LogP contribution in [0.2, 0.25) is 0 Å². The maximum atomic E-state index is 5.85. The minimum absolute atomic E-state index is 0. The summed E-state index contributed by atoms with van der Waals surface area (Å²) in [4.78, 5) is 0. The van der Waals surface area contributed by atoms with Gasteiger partial charge in [-0.15, -0.1) is 19.0 Å². The van der Waals surface area contributed by atoms with Crippen LogP contribution in [0.5, 0.6) is 0 Å². The minimum Gasteiger partial charge on any atom is -0.465 e. The van der Waals surface area contributed by atoms with Gasteiger partial charge in [-0.1, -0.05) is 5.57 Å². The molecule has 1 aromatic rings. The smallest absolute Gasteiger partial charge is 0.121 e. The fourth-order valence-electron chi connectivity index (χ4n) is 1.13. The average Bonchev–Trinajstić information content (AvgIpc) is 2.34. The maximum absolute atomic E-state index is 5.85. The van der Waals surface area contributed by atoms with E-state index in [-0.39, 0.29) is 18.4 Å². The first-order valence-corrected chi connectivity index (χ1v) is 4.06. The molecule has 0 aliphatic rings. The van der Waals surface area contributed by atoms with Crippen molar-refractivity contribution in [2.75, 3.05) is 0 Å². The molecule has 0 aliphatic carbocycles. The molecule has 0 saturated carbocycles. The first-order valence-electron chi connectivity index (χ1n) is 4.06. The van der Waals surface area contributed by atoms with E-state index in [0.29, 0.717) is 0 Å². The third-order valence-corrected chi connectivity index (χ3v) is 1.69. The molecule has 0 unspecified atom stereocenters. The molecule has 1 rings (SSSR count). The van der Waals surface area contributed by atoms with Crippen LogP contribution in [0.1, 0.15) is 30.9 Å². The second-order valence-electron chi connectivity index (χ2n) is 3.22. The van der Waals surface area contributed by atoms with E-state index < -0.39 is 0 Å². The Morgan fingerprint density at radius 2 is 2.23 bits per heavy atom. The molecule has 0 bridgehead atoms. The van der Waals surface area contributed by atoms with Crippen LogP contribution < -0.4 is 5.73 Å². The van der Waals surface area contributed by atoms with Crippen molar-refractivity contribution < 1.29 is 4.42 Å². The normalized spacial score (nSPS) is 11.9. The van der Waals surface area contributed by atoms with Crippen LogP contribution in [-0.2, 0) is 0 Å². The summed E-state index contributed by atoms with van der Waals surface area (Å²) < 4.78 is 5.38. The summed E-state index contributed by atoms with van der Waals surface area (Å²) in [5, 5.41) is 0. The fraction of sp³-hybridized carbons (Fsp3) is 0.400. The molecular formula is C10H16ClNO. The summed E-state index contributed by atoms with van der Waals surface area (Å²) in [7, 11) is 0. The van der Waals surface area contributed by atoms with Crippen LogP contribution >= 0.6 is 12.4 Å². The standard InChI is InChI=1S/C10H15NO.ClH/c1-7(2)6-9(11)10-5-4-8(3)12-10;/h4-5,9H,1,6,11H2,2-3H3;1H/t9-;/m0./s1. The van der Waals surface area contributed by atoms with E-state index in [1.807, 2.05) is 26.0 Å². The first kappa shape index (κ1) is 12.3. The summed E-state index contributed by atoms with van der Waals surface area (Å²) in [5.41, 5.74) is 6.93. The topological polar surface area (TPSA) is 39.2 Å². The summed E-state index contributed by atoms with van der Waals surface area (Å²) in [6.45, 7) is 7.69. The molecule has 0 amide bonds. The zero-order chi connectivity index (χ0) is 9.14. The molecule has 0 aromatic carbocycles. The van der Waals surface area contributed by atoms with Gasteiger partial charge < -0.3 is 10.2 Å². The fourth-order valence-corrected chi connectivity index (χ4v) is 1.13. The van der Waals surface area contributed by atoms with Crippen molar-refractivity contribution in [1.82, 2.24) is 0 Å². The maximum Gasteiger partial charge on any atom is 0.121 e. The molecule has 1 aromatic heterocycles. The van der Waals surface area contributed by atoms with Crippen LogP contribution in [0.25, 0.3) is 0 Å². The van der Waals surface area contributed by atoms with Gasteiger partial charge >= 0.3 is 0 Å². The lowest BCUT2D eigenvalue weighted by molar-refractivity contribution is 0.444. The molecule has 0 radical (unpaired) electrons. The van der Waals surface area contributed by atoms with Gasteiger partial charge in [0.15, 0.2) is 0 Å². The molecular weight excluding hydrogens is 186 g/mol. The summed E-state index contributed by atoms with van der Waals surface area (Å²) in [6, 6.07) is 3.80. The number of hydrogen-bond donors (Lipinski definition) is 1. The predicted molar refractivity (Wildman–Crippen MR) is 57.1 cm³/mol. The van der Waals surface area contributed by atoms with Crippen molar-refractivity contribution in [1.29, 1.82) is 0 Å². The van der Waals surface area contributed by atoms with Crippen LogP contribution in [-0.4, -0.2) is 0 Å². The number of halogens is 1. The summed E-state index contributed by atoms with van der Waals surface area (Å²) >= 11 is 0. The SMILES string of the molecule is C=C(C)C[C@H](N)c1ccc(C)o1.Cl. The van der Waals surface area contributed by atoms with Crippen molar-refractivity contribution >= 4 is 12.4 Å². The molecule has 3 heteroatoms. The van der Waals surface area contributed by atoms with Gasteiger partial charge in [0.05, 0.1) is 6.04 Å². The van der Waals surface area contributed by atoms with Gasteiger partial charge in [0.25, 0.3) is 0 Å². The van der Waals surface area contributed by atoms with Gasteiger partial charge in [0.2, 0.25) is 0 Å². The highest BCUT2D eigenvalue weighted by Gasteiger charge is 2.09. The Morgan fingerprint density at radius 3 is 2.62 bits per heavy atom. The van der Waals surface area contributed by atoms with Gasteiger partial charge in [0.1, 0.15) is 11.5 Å². The molecule has 13 heavy (non-hydrogen) atoms. The number of rotatable bonds is 3. The highest BCUT2D eigenvalue weighted by molar-refractivity contribution is 5.85. The Hall–Kier alpha value is -0.730. The lowest BCUT2D eigenvalue weighted by atomic mass is 10.1. The molecule has 0 spiro atoms. The van der Waals surface area contributed by atoms with Gasteiger partial charge in [-0.3, -0.25) is 0 Å². The second kappa shape index (κ2) is 5.10. The van der Waals surface area contributed by atoms with Gasteiger partial charge in [0, 0.05) is 0 Å². The van der Waals surface area contributed by atoms with Crippen LogP contribution in [0.3, 0.4) is 0 Å². The molecule has 2 N–H and O–H groups in total. The minimum atomic E-state index is -0.0452. The third-order valence-electron chi connectivity index (χ3n) is 1.69. The molecule has 2 nitrogen and oxygen atoms in total. The summed E-state index contributed by atoms with van der Waals surface area (Å²) in [5.74, 6) is 1.75. The molecule has 1 heterocycles. The molecule has 1 atom stereocenters. The highest BCUT2D eigenvalue weighted by atomic mass is 35.5. The lowest BCUT2D eigenvalue weighted by Gasteiger charge is -2.07. The molecule has 0 saturated heterocycles. The van der Waals surface area contributed by atoms with Crippen molar-refractivity contribution in [2.45, 2.75) is 26.3 Å². The van der Waals surface area contributed by atoms with E-state index in [1.54, 1.807) is 0 Å². The first-order chi connectivity index (χ1) is 5.59. The van der Waals surface area contributed by atoms with Crippen LogP contribution in [0.15, 0.2) is 28.7 Å². The number of hydrogen-bond acceptors (Lipinski definition) is 2. The zero-order valence-electron chi connectivity index (χ0n) is 8.04. The van der Waals surface area contributed by atoms with Crippen LogP contribution in [0.4, 0.5) is 0 Å². The van der Waals surface area contributed by atoms with E-state index in [4.69, 9.17) is 10.2 Å². The summed E-state index contributed by atoms with van der Waals surface area (Å²) in [6.07, 6.45) is 0.785. The van der Waals surface area contributed by atoms with E-state index >= 15 is 0 Å².